The van der Waals surface area contributed by atoms with Crippen molar-refractivity contribution in [2.45, 2.75) is 0 Å². The van der Waals surface area contributed by atoms with Crippen LogP contribution in [-0.4, -0.2) is 0 Å². The van der Waals surface area contributed by atoms with E-state index in [9.17, 15) is 0 Å². The molecule has 0 unspecified atom stereocenters. The van der Waals surface area contributed by atoms with Crippen molar-refractivity contribution in [2.75, 3.05) is 0 Å². The average Bonchev–Trinajstić information content (AvgIpc) is 1.81. The van der Waals surface area contributed by atoms with Crippen LogP contribution in [0.5, 0.6) is 0 Å². The summed E-state index contributed by atoms with van der Waals surface area (Å²) >= 11 is 0. The Morgan fingerprint density at radius 1 is 0.385 bits per heavy atom. The molecule has 0 bridgehead atoms. The zero-order valence-electron chi connectivity index (χ0n) is 6.36. The smallest absolute Gasteiger partial charge is 3.00 e. The van der Waals surface area contributed by atoms with Gasteiger partial charge in [-0.05, 0) is 0 Å². The minimum absolute atomic E-state index is 0. The van der Waals surface area contributed by atoms with Crippen LogP contribution in [0.1, 0.15) is 0 Å². The van der Waals surface area contributed by atoms with Crippen LogP contribution in [0, 0.1) is 35.5 Å². The standard InChI is InChI=1S/3CHN.4N.3Zr/c3*1-2;;;;;;;/h3*1H;;;;;;;/q;;;4*-3;3*+4. The molecule has 10 heteroatoms. The van der Waals surface area contributed by atoms with Crippen LogP contribution in [-0.2, 0) is 78.6 Å². The minimum Gasteiger partial charge on any atom is -3.00 e. The third-order valence-corrected chi connectivity index (χ3v) is 0. The first-order valence-corrected chi connectivity index (χ1v) is 0.775. The molecular weight excluding hydrogens is 408 g/mol. The predicted octanol–water partition coefficient (Wildman–Crippen LogP) is 1.57. The Morgan fingerprint density at radius 2 is 0.385 bits per heavy atom. The molecule has 0 saturated heterocycles. The quantitative estimate of drug-likeness (QED) is 0.585. The summed E-state index contributed by atoms with van der Waals surface area (Å²) in [5, 5.41) is 19.5. The van der Waals surface area contributed by atoms with E-state index in [1.54, 1.807) is 0 Å². The molecule has 0 spiro atoms. The van der Waals surface area contributed by atoms with Gasteiger partial charge in [-0.3, -0.25) is 0 Å². The number of rotatable bonds is 0. The van der Waals surface area contributed by atoms with E-state index in [0.717, 1.165) is 0 Å². The first-order chi connectivity index (χ1) is 3.00. The van der Waals surface area contributed by atoms with Crippen LogP contribution in [0.25, 0.3) is 24.6 Å². The Kier molecular flexibility index (Phi) is 23200. The van der Waals surface area contributed by atoms with E-state index in [4.69, 9.17) is 15.8 Å². The topological polar surface area (TPSA) is 193 Å². The molecule has 0 aliphatic carbocycles. The molecule has 0 amide bonds. The van der Waals surface area contributed by atoms with Gasteiger partial charge in [0.15, 0.2) is 0 Å². The molecule has 0 aliphatic heterocycles. The normalized spacial score (nSPS) is 0.462. The van der Waals surface area contributed by atoms with Crippen LogP contribution in [0.3, 0.4) is 0 Å². The van der Waals surface area contributed by atoms with Crippen LogP contribution in [0.2, 0.25) is 0 Å². The first-order valence-electron chi connectivity index (χ1n) is 0.775. The van der Waals surface area contributed by atoms with E-state index in [1.807, 2.05) is 0 Å². The second kappa shape index (κ2) is 2010. The number of hydrogen-bond donors (Lipinski definition) is 0. The predicted molar refractivity (Wildman–Crippen MR) is 33.4 cm³/mol. The first kappa shape index (κ1) is 150. The summed E-state index contributed by atoms with van der Waals surface area (Å²) in [5.41, 5.74) is 0. The van der Waals surface area contributed by atoms with Gasteiger partial charge >= 0.3 is 78.6 Å². The van der Waals surface area contributed by atoms with E-state index in [-0.39, 0.29) is 103 Å². The molecular formula is C3H3N7Zr3. The summed E-state index contributed by atoms with van der Waals surface area (Å²) in [6.45, 7) is 10.5. The van der Waals surface area contributed by atoms with Crippen molar-refractivity contribution >= 4 is 0 Å². The van der Waals surface area contributed by atoms with Crippen molar-refractivity contribution in [1.82, 2.24) is 0 Å². The zero-order chi connectivity index (χ0) is 6.00. The molecule has 0 radical (unpaired) electrons. The van der Waals surface area contributed by atoms with Gasteiger partial charge in [0.05, 0.1) is 0 Å². The van der Waals surface area contributed by atoms with Gasteiger partial charge in [0.2, 0.25) is 0 Å². The van der Waals surface area contributed by atoms with Crippen LogP contribution >= 0.6 is 0 Å². The molecule has 0 aromatic carbocycles. The van der Waals surface area contributed by atoms with E-state index >= 15 is 0 Å². The van der Waals surface area contributed by atoms with E-state index < -0.39 is 0 Å². The Hall–Kier alpha value is 0.959. The van der Waals surface area contributed by atoms with Gasteiger partial charge in [-0.15, -0.1) is 0 Å². The van der Waals surface area contributed by atoms with Crippen molar-refractivity contribution in [2.24, 2.45) is 0 Å². The summed E-state index contributed by atoms with van der Waals surface area (Å²) in [7, 11) is 0. The Morgan fingerprint density at radius 3 is 0.385 bits per heavy atom. The maximum Gasteiger partial charge on any atom is 4.00 e. The molecule has 0 atom stereocenters. The largest absolute Gasteiger partial charge is 4.00 e. The van der Waals surface area contributed by atoms with Crippen molar-refractivity contribution < 1.29 is 78.6 Å². The molecule has 0 rings (SSSR count). The molecule has 0 aromatic rings. The van der Waals surface area contributed by atoms with E-state index in [2.05, 4.69) is 19.7 Å². The van der Waals surface area contributed by atoms with Crippen LogP contribution in [0.15, 0.2) is 0 Å². The third-order valence-electron chi connectivity index (χ3n) is 0. The van der Waals surface area contributed by atoms with Gasteiger partial charge in [0, 0.05) is 19.7 Å². The fourth-order valence-corrected chi connectivity index (χ4v) is 0. The Labute approximate surface area is 137 Å². The van der Waals surface area contributed by atoms with Crippen molar-refractivity contribution in [3.05, 3.63) is 24.6 Å². The Balaban J connectivity index is -0.00000000102. The second-order valence-electron chi connectivity index (χ2n) is 0. The molecule has 13 heavy (non-hydrogen) atoms. The van der Waals surface area contributed by atoms with Gasteiger partial charge in [-0.25, -0.2) is 15.8 Å². The summed E-state index contributed by atoms with van der Waals surface area (Å²) in [4.78, 5) is 0. The second-order valence-corrected chi connectivity index (χ2v) is 0. The maximum absolute atomic E-state index is 6.50. The van der Waals surface area contributed by atoms with E-state index in [0.29, 0.717) is 0 Å². The summed E-state index contributed by atoms with van der Waals surface area (Å²) in [6.07, 6.45) is 0. The summed E-state index contributed by atoms with van der Waals surface area (Å²) in [6, 6.07) is 0. The van der Waals surface area contributed by atoms with E-state index in [1.165, 1.54) is 0 Å². The molecule has 0 saturated carbocycles. The van der Waals surface area contributed by atoms with Gasteiger partial charge < -0.3 is 24.6 Å². The summed E-state index contributed by atoms with van der Waals surface area (Å²) in [5.74, 6) is 0. The molecule has 0 fully saturated rings. The fraction of sp³-hybridized carbons (Fsp3) is 0. The van der Waals surface area contributed by atoms with Gasteiger partial charge in [0.1, 0.15) is 0 Å². The molecule has 62 valence electrons. The van der Waals surface area contributed by atoms with Gasteiger partial charge in [-0.2, -0.15) is 0 Å². The van der Waals surface area contributed by atoms with Crippen molar-refractivity contribution in [3.8, 4) is 19.7 Å². The average molecular weight is 411 g/mol. The summed E-state index contributed by atoms with van der Waals surface area (Å²) < 4.78 is 0. The number of nitrogens with zero attached hydrogens (tertiary/aromatic N) is 7. The SMILES string of the molecule is C#N.C#N.C#N.[N-3].[N-3].[N-3].[N-3].[Zr+4].[Zr+4].[Zr+4]. The molecule has 0 heterocycles. The Bertz CT molecular complexity index is 47.5. The number of hydrogen-bond acceptors (Lipinski definition) is 3. The van der Waals surface area contributed by atoms with Crippen LogP contribution in [0.4, 0.5) is 0 Å². The third kappa shape index (κ3) is 1690. The van der Waals surface area contributed by atoms with Crippen molar-refractivity contribution in [1.29, 1.82) is 15.8 Å². The van der Waals surface area contributed by atoms with Gasteiger partial charge in [-0.1, -0.05) is 0 Å². The molecule has 0 aromatic heterocycles. The zero-order valence-corrected chi connectivity index (χ0v) is 13.7. The number of nitriles is 3. The maximum atomic E-state index is 6.50. The molecule has 0 aliphatic rings. The fourth-order valence-electron chi connectivity index (χ4n) is 0. The molecule has 7 nitrogen and oxygen atoms in total. The van der Waals surface area contributed by atoms with Gasteiger partial charge in [0.25, 0.3) is 0 Å². The minimum atomic E-state index is 0. The molecule has 0 N–H and O–H groups in total. The van der Waals surface area contributed by atoms with Crippen molar-refractivity contribution in [3.63, 3.8) is 0 Å². The van der Waals surface area contributed by atoms with Crippen LogP contribution < -0.4 is 0 Å². The monoisotopic (exact) mass is 407 g/mol.